The number of furan rings is 1. The number of likely N-dealkylation sites (tertiary alicyclic amines) is 1. The summed E-state index contributed by atoms with van der Waals surface area (Å²) in [5, 5.41) is 0. The van der Waals surface area contributed by atoms with Crippen LogP contribution in [0.2, 0.25) is 0 Å². The number of nitrogens with zero attached hydrogens (tertiary/aromatic N) is 1. The first-order valence-electron chi connectivity index (χ1n) is 10.3. The van der Waals surface area contributed by atoms with Crippen molar-refractivity contribution in [3.8, 4) is 0 Å². The summed E-state index contributed by atoms with van der Waals surface area (Å²) >= 11 is 0. The maximum absolute atomic E-state index is 13.9. The molecule has 4 rings (SSSR count). The van der Waals surface area contributed by atoms with E-state index in [0.717, 1.165) is 29.7 Å². The van der Waals surface area contributed by atoms with Gasteiger partial charge in [0.15, 0.2) is 5.78 Å². The molecule has 2 aromatic rings. The molecule has 29 heavy (non-hydrogen) atoms. The molecule has 0 radical (unpaired) electrons. The highest BCUT2D eigenvalue weighted by atomic mass is 19.1. The van der Waals surface area contributed by atoms with E-state index >= 15 is 0 Å². The maximum Gasteiger partial charge on any atom is 0.223 e. The minimum absolute atomic E-state index is 0.0329. The smallest absolute Gasteiger partial charge is 0.223 e. The molecular weight excluding hydrogens is 376 g/mol. The van der Waals surface area contributed by atoms with Gasteiger partial charge in [-0.1, -0.05) is 6.92 Å². The van der Waals surface area contributed by atoms with Crippen LogP contribution < -0.4 is 0 Å². The summed E-state index contributed by atoms with van der Waals surface area (Å²) in [4.78, 5) is 26.8. The van der Waals surface area contributed by atoms with Gasteiger partial charge in [0.25, 0.3) is 0 Å². The van der Waals surface area contributed by atoms with Gasteiger partial charge in [0.1, 0.15) is 23.2 Å². The molecule has 154 valence electrons. The molecule has 2 heterocycles. The Morgan fingerprint density at radius 2 is 1.86 bits per heavy atom. The maximum atomic E-state index is 13.9. The minimum atomic E-state index is -0.701. The van der Waals surface area contributed by atoms with E-state index in [1.807, 2.05) is 12.1 Å². The molecule has 1 amide bonds. The van der Waals surface area contributed by atoms with E-state index in [1.54, 1.807) is 4.90 Å². The summed E-state index contributed by atoms with van der Waals surface area (Å²) < 4.78 is 33.1. The van der Waals surface area contributed by atoms with Crippen molar-refractivity contribution in [2.45, 2.75) is 44.9 Å². The van der Waals surface area contributed by atoms with Gasteiger partial charge >= 0.3 is 0 Å². The van der Waals surface area contributed by atoms with Crippen molar-refractivity contribution >= 4 is 11.7 Å². The molecule has 1 aliphatic heterocycles. The number of halogens is 2. The van der Waals surface area contributed by atoms with Crippen LogP contribution in [0.3, 0.4) is 0 Å². The third-order valence-corrected chi connectivity index (χ3v) is 6.15. The first-order chi connectivity index (χ1) is 13.9. The van der Waals surface area contributed by atoms with E-state index in [9.17, 15) is 18.4 Å². The van der Waals surface area contributed by atoms with Crippen molar-refractivity contribution < 1.29 is 22.8 Å². The fourth-order valence-electron chi connectivity index (χ4n) is 4.13. The predicted octanol–water partition coefficient (Wildman–Crippen LogP) is 4.74. The normalized spacial score (nSPS) is 22.0. The van der Waals surface area contributed by atoms with Gasteiger partial charge in [-0.05, 0) is 55.5 Å². The Balaban J connectivity index is 1.26. The van der Waals surface area contributed by atoms with Crippen LogP contribution in [-0.2, 0) is 11.2 Å². The molecule has 2 unspecified atom stereocenters. The number of ketones is 1. The average molecular weight is 401 g/mol. The molecule has 1 aromatic carbocycles. The van der Waals surface area contributed by atoms with E-state index in [-0.39, 0.29) is 23.2 Å². The van der Waals surface area contributed by atoms with Gasteiger partial charge in [-0.2, -0.15) is 0 Å². The molecule has 2 atom stereocenters. The highest BCUT2D eigenvalue weighted by Crippen LogP contribution is 2.47. The summed E-state index contributed by atoms with van der Waals surface area (Å²) in [6, 6.07) is 6.89. The van der Waals surface area contributed by atoms with E-state index in [1.165, 1.54) is 6.42 Å². The number of amides is 1. The van der Waals surface area contributed by atoms with Crippen molar-refractivity contribution in [2.24, 2.45) is 11.8 Å². The molecule has 0 spiro atoms. The van der Waals surface area contributed by atoms with Gasteiger partial charge in [-0.3, -0.25) is 9.59 Å². The van der Waals surface area contributed by atoms with Crippen molar-refractivity contribution in [1.82, 2.24) is 4.90 Å². The quantitative estimate of drug-likeness (QED) is 0.657. The van der Waals surface area contributed by atoms with Gasteiger partial charge in [0.05, 0.1) is 5.56 Å². The fourth-order valence-corrected chi connectivity index (χ4v) is 4.13. The second-order valence-corrected chi connectivity index (χ2v) is 8.27. The van der Waals surface area contributed by atoms with Crippen molar-refractivity contribution in [3.05, 3.63) is 59.1 Å². The summed E-state index contributed by atoms with van der Waals surface area (Å²) in [5.41, 5.74) is -0.201. The van der Waals surface area contributed by atoms with Gasteiger partial charge in [0, 0.05) is 37.8 Å². The highest BCUT2D eigenvalue weighted by molar-refractivity contribution is 5.98. The Hall–Kier alpha value is -2.50. The number of piperidine rings is 1. The lowest BCUT2D eigenvalue weighted by atomic mass is 9.88. The number of hydrogen-bond acceptors (Lipinski definition) is 3. The first kappa shape index (κ1) is 19.8. The number of hydrogen-bond donors (Lipinski definition) is 0. The molecule has 1 aromatic heterocycles. The Morgan fingerprint density at radius 3 is 2.55 bits per heavy atom. The third-order valence-electron chi connectivity index (χ3n) is 6.15. The monoisotopic (exact) mass is 401 g/mol. The number of carbonyl (C=O) groups is 2. The topological polar surface area (TPSA) is 50.5 Å². The summed E-state index contributed by atoms with van der Waals surface area (Å²) in [6.07, 6.45) is 3.02. The zero-order valence-electron chi connectivity index (χ0n) is 16.5. The Morgan fingerprint density at radius 1 is 1.14 bits per heavy atom. The average Bonchev–Trinajstić information content (AvgIpc) is 3.27. The lowest BCUT2D eigenvalue weighted by Crippen LogP contribution is -2.40. The van der Waals surface area contributed by atoms with Crippen LogP contribution in [0.5, 0.6) is 0 Å². The number of Topliss-reactive ketones (excluding diaryl/α,β-unsaturated/α-hetero) is 1. The van der Waals surface area contributed by atoms with Gasteiger partial charge in [0.2, 0.25) is 5.91 Å². The number of benzene rings is 1. The number of aryl methyl sites for hydroxylation is 1. The predicted molar refractivity (Wildman–Crippen MR) is 104 cm³/mol. The SMILES string of the molecule is CC1CC1c1ccc(CCC(=O)N2CCC(C(=O)c3cc(F)ccc3F)CC2)o1. The molecule has 1 aliphatic carbocycles. The summed E-state index contributed by atoms with van der Waals surface area (Å²) in [7, 11) is 0. The number of carbonyl (C=O) groups excluding carboxylic acids is 2. The van der Waals surface area contributed by atoms with E-state index < -0.39 is 11.6 Å². The molecule has 6 heteroatoms. The van der Waals surface area contributed by atoms with Gasteiger partial charge < -0.3 is 9.32 Å². The van der Waals surface area contributed by atoms with E-state index in [2.05, 4.69) is 6.92 Å². The molecule has 1 saturated heterocycles. The molecule has 2 fully saturated rings. The van der Waals surface area contributed by atoms with Crippen LogP contribution in [0.4, 0.5) is 8.78 Å². The van der Waals surface area contributed by atoms with Crippen molar-refractivity contribution in [3.63, 3.8) is 0 Å². The third kappa shape index (κ3) is 4.41. The van der Waals surface area contributed by atoms with Gasteiger partial charge in [-0.25, -0.2) is 8.78 Å². The van der Waals surface area contributed by atoms with Crippen LogP contribution in [-0.4, -0.2) is 29.7 Å². The zero-order chi connectivity index (χ0) is 20.5. The van der Waals surface area contributed by atoms with Crippen molar-refractivity contribution in [2.75, 3.05) is 13.1 Å². The van der Waals surface area contributed by atoms with Crippen LogP contribution in [0.15, 0.2) is 34.7 Å². The molecule has 0 bridgehead atoms. The van der Waals surface area contributed by atoms with Crippen LogP contribution in [0.1, 0.15) is 60.4 Å². The summed E-state index contributed by atoms with van der Waals surface area (Å²) in [6.45, 7) is 3.11. The van der Waals surface area contributed by atoms with Crippen LogP contribution in [0.25, 0.3) is 0 Å². The molecular formula is C23H25F2NO3. The summed E-state index contributed by atoms with van der Waals surface area (Å²) in [5.74, 6) is 0.996. The standard InChI is InChI=1S/C23H25F2NO3/c1-14-12-18(14)21-6-3-17(29-21)4-7-22(27)26-10-8-15(9-11-26)23(28)19-13-16(24)2-5-20(19)25/h2-3,5-6,13-15,18H,4,7-12H2,1H3. The van der Waals surface area contributed by atoms with Crippen LogP contribution >= 0.6 is 0 Å². The lowest BCUT2D eigenvalue weighted by molar-refractivity contribution is -0.132. The molecule has 1 saturated carbocycles. The van der Waals surface area contributed by atoms with Crippen molar-refractivity contribution in [1.29, 1.82) is 0 Å². The van der Waals surface area contributed by atoms with Gasteiger partial charge in [-0.15, -0.1) is 0 Å². The highest BCUT2D eigenvalue weighted by Gasteiger charge is 2.36. The Kier molecular flexibility index (Phi) is 5.52. The second kappa shape index (κ2) is 8.09. The molecule has 2 aliphatic rings. The van der Waals surface area contributed by atoms with Crippen LogP contribution in [0, 0.1) is 23.5 Å². The Labute approximate surface area is 168 Å². The fraction of sp³-hybridized carbons (Fsp3) is 0.478. The Bertz CT molecular complexity index is 915. The lowest BCUT2D eigenvalue weighted by Gasteiger charge is -2.31. The largest absolute Gasteiger partial charge is 0.466 e. The second-order valence-electron chi connectivity index (χ2n) is 8.27. The van der Waals surface area contributed by atoms with E-state index in [0.29, 0.717) is 50.6 Å². The number of rotatable bonds is 6. The zero-order valence-corrected chi connectivity index (χ0v) is 16.5. The minimum Gasteiger partial charge on any atom is -0.466 e. The molecule has 0 N–H and O–H groups in total. The molecule has 4 nitrogen and oxygen atoms in total. The van der Waals surface area contributed by atoms with E-state index in [4.69, 9.17) is 4.42 Å². The first-order valence-corrected chi connectivity index (χ1v) is 10.3.